The predicted molar refractivity (Wildman–Crippen MR) is 81.3 cm³/mol. The lowest BCUT2D eigenvalue weighted by molar-refractivity contribution is 0.522. The topological polar surface area (TPSA) is 24.9 Å². The van der Waals surface area contributed by atoms with Gasteiger partial charge in [-0.3, -0.25) is 0 Å². The summed E-state index contributed by atoms with van der Waals surface area (Å²) in [5, 5.41) is 6.91. The minimum atomic E-state index is 0.406. The third-order valence-electron chi connectivity index (χ3n) is 3.24. The summed E-state index contributed by atoms with van der Waals surface area (Å²) in [6.07, 6.45) is 9.62. The lowest BCUT2D eigenvalue weighted by Gasteiger charge is -2.10. The maximum absolute atomic E-state index is 4.52. The van der Waals surface area contributed by atoms with Crippen LogP contribution < -0.4 is 5.32 Å². The van der Waals surface area contributed by atoms with Gasteiger partial charge in [0, 0.05) is 11.1 Å². The first kappa shape index (κ1) is 15.6. The number of unbranched alkanes of at least 4 members (excludes halogenated alkanes) is 6. The molecule has 0 saturated carbocycles. The SMILES string of the molecule is CCCCCCCCCNC(C)c1nc(C)cs1. The third kappa shape index (κ3) is 6.50. The van der Waals surface area contributed by atoms with E-state index in [2.05, 4.69) is 36.5 Å². The van der Waals surface area contributed by atoms with Crippen molar-refractivity contribution in [1.29, 1.82) is 0 Å². The highest BCUT2D eigenvalue weighted by Crippen LogP contribution is 2.17. The summed E-state index contributed by atoms with van der Waals surface area (Å²) in [6.45, 7) is 7.65. The van der Waals surface area contributed by atoms with Crippen LogP contribution in [0.15, 0.2) is 5.38 Å². The fourth-order valence-electron chi connectivity index (χ4n) is 2.06. The van der Waals surface area contributed by atoms with Gasteiger partial charge in [0.05, 0.1) is 6.04 Å². The molecule has 1 unspecified atom stereocenters. The average molecular weight is 268 g/mol. The molecule has 1 N–H and O–H groups in total. The largest absolute Gasteiger partial charge is 0.308 e. The number of nitrogens with one attached hydrogen (secondary N) is 1. The Morgan fingerprint density at radius 3 is 2.44 bits per heavy atom. The minimum absolute atomic E-state index is 0.406. The molecule has 0 fully saturated rings. The predicted octanol–water partition coefficient (Wildman–Crippen LogP) is 4.85. The first-order chi connectivity index (χ1) is 8.74. The van der Waals surface area contributed by atoms with Gasteiger partial charge in [-0.15, -0.1) is 11.3 Å². The van der Waals surface area contributed by atoms with Crippen LogP contribution in [0, 0.1) is 6.92 Å². The van der Waals surface area contributed by atoms with E-state index in [4.69, 9.17) is 0 Å². The van der Waals surface area contributed by atoms with Crippen LogP contribution >= 0.6 is 11.3 Å². The number of nitrogens with zero attached hydrogens (tertiary/aromatic N) is 1. The van der Waals surface area contributed by atoms with E-state index in [1.165, 1.54) is 50.0 Å². The molecule has 0 radical (unpaired) electrons. The van der Waals surface area contributed by atoms with Gasteiger partial charge in [-0.2, -0.15) is 0 Å². The van der Waals surface area contributed by atoms with Gasteiger partial charge in [-0.25, -0.2) is 4.98 Å². The average Bonchev–Trinajstić information content (AvgIpc) is 2.79. The summed E-state index contributed by atoms with van der Waals surface area (Å²) < 4.78 is 0. The van der Waals surface area contributed by atoms with Crippen molar-refractivity contribution in [1.82, 2.24) is 10.3 Å². The zero-order valence-electron chi connectivity index (χ0n) is 12.2. The Morgan fingerprint density at radius 1 is 1.17 bits per heavy atom. The van der Waals surface area contributed by atoms with E-state index < -0.39 is 0 Å². The summed E-state index contributed by atoms with van der Waals surface area (Å²) in [5.41, 5.74) is 1.14. The maximum atomic E-state index is 4.52. The highest BCUT2D eigenvalue weighted by molar-refractivity contribution is 7.09. The normalized spacial score (nSPS) is 12.8. The number of hydrogen-bond acceptors (Lipinski definition) is 3. The quantitative estimate of drug-likeness (QED) is 0.613. The van der Waals surface area contributed by atoms with Crippen molar-refractivity contribution >= 4 is 11.3 Å². The summed E-state index contributed by atoms with van der Waals surface area (Å²) in [6, 6.07) is 0.406. The second-order valence-electron chi connectivity index (χ2n) is 5.12. The van der Waals surface area contributed by atoms with E-state index in [0.29, 0.717) is 6.04 Å². The zero-order chi connectivity index (χ0) is 13.2. The standard InChI is InChI=1S/C15H28N2S/c1-4-5-6-7-8-9-10-11-16-14(3)15-17-13(2)12-18-15/h12,14,16H,4-11H2,1-3H3. The molecule has 0 spiro atoms. The van der Waals surface area contributed by atoms with E-state index in [0.717, 1.165) is 12.2 Å². The van der Waals surface area contributed by atoms with Crippen LogP contribution in [0.1, 0.15) is 75.5 Å². The fraction of sp³-hybridized carbons (Fsp3) is 0.800. The van der Waals surface area contributed by atoms with E-state index in [9.17, 15) is 0 Å². The van der Waals surface area contributed by atoms with Crippen LogP contribution in [0.4, 0.5) is 0 Å². The van der Waals surface area contributed by atoms with Gasteiger partial charge in [0.1, 0.15) is 5.01 Å². The molecule has 1 heterocycles. The van der Waals surface area contributed by atoms with Crippen LogP contribution in [-0.4, -0.2) is 11.5 Å². The first-order valence-corrected chi connectivity index (χ1v) is 8.27. The van der Waals surface area contributed by atoms with Gasteiger partial charge in [0.2, 0.25) is 0 Å². The highest BCUT2D eigenvalue weighted by Gasteiger charge is 2.07. The molecule has 0 aromatic carbocycles. The number of aromatic nitrogens is 1. The molecular formula is C15H28N2S. The summed E-state index contributed by atoms with van der Waals surface area (Å²) >= 11 is 1.76. The number of thiazole rings is 1. The summed E-state index contributed by atoms with van der Waals surface area (Å²) in [4.78, 5) is 4.52. The molecular weight excluding hydrogens is 240 g/mol. The molecule has 2 nitrogen and oxygen atoms in total. The Bertz CT molecular complexity index is 309. The smallest absolute Gasteiger partial charge is 0.110 e. The number of hydrogen-bond donors (Lipinski definition) is 1. The number of aryl methyl sites for hydroxylation is 1. The van der Waals surface area contributed by atoms with Crippen LogP contribution in [0.25, 0.3) is 0 Å². The van der Waals surface area contributed by atoms with Gasteiger partial charge in [0.15, 0.2) is 0 Å². The highest BCUT2D eigenvalue weighted by atomic mass is 32.1. The molecule has 0 aliphatic rings. The first-order valence-electron chi connectivity index (χ1n) is 7.39. The van der Waals surface area contributed by atoms with Gasteiger partial charge >= 0.3 is 0 Å². The third-order valence-corrected chi connectivity index (χ3v) is 4.38. The molecule has 0 bridgehead atoms. The number of rotatable bonds is 10. The molecule has 0 aliphatic carbocycles. The van der Waals surface area contributed by atoms with Crippen LogP contribution in [0.3, 0.4) is 0 Å². The monoisotopic (exact) mass is 268 g/mol. The van der Waals surface area contributed by atoms with Crippen molar-refractivity contribution in [2.24, 2.45) is 0 Å². The molecule has 1 aromatic heterocycles. The second kappa shape index (κ2) is 9.51. The Labute approximate surface area is 116 Å². The van der Waals surface area contributed by atoms with Crippen molar-refractivity contribution in [3.05, 3.63) is 16.1 Å². The van der Waals surface area contributed by atoms with Crippen molar-refractivity contribution in [3.63, 3.8) is 0 Å². The van der Waals surface area contributed by atoms with Crippen molar-refractivity contribution in [2.45, 2.75) is 71.8 Å². The lowest BCUT2D eigenvalue weighted by atomic mass is 10.1. The van der Waals surface area contributed by atoms with E-state index in [1.54, 1.807) is 11.3 Å². The maximum Gasteiger partial charge on any atom is 0.110 e. The lowest BCUT2D eigenvalue weighted by Crippen LogP contribution is -2.19. The summed E-state index contributed by atoms with van der Waals surface area (Å²) in [5.74, 6) is 0. The molecule has 0 amide bonds. The van der Waals surface area contributed by atoms with Crippen LogP contribution in [0.2, 0.25) is 0 Å². The van der Waals surface area contributed by atoms with E-state index in [-0.39, 0.29) is 0 Å². The molecule has 0 aliphatic heterocycles. The molecule has 104 valence electrons. The Kier molecular flexibility index (Phi) is 8.27. The Hall–Kier alpha value is -0.410. The van der Waals surface area contributed by atoms with E-state index in [1.807, 2.05) is 0 Å². The molecule has 1 aromatic rings. The molecule has 0 saturated heterocycles. The van der Waals surface area contributed by atoms with Crippen molar-refractivity contribution < 1.29 is 0 Å². The van der Waals surface area contributed by atoms with Gasteiger partial charge in [0.25, 0.3) is 0 Å². The summed E-state index contributed by atoms with van der Waals surface area (Å²) in [7, 11) is 0. The minimum Gasteiger partial charge on any atom is -0.308 e. The van der Waals surface area contributed by atoms with E-state index >= 15 is 0 Å². The zero-order valence-corrected chi connectivity index (χ0v) is 13.0. The Balaban J connectivity index is 1.97. The van der Waals surface area contributed by atoms with Crippen LogP contribution in [-0.2, 0) is 0 Å². The second-order valence-corrected chi connectivity index (χ2v) is 6.01. The molecule has 1 atom stereocenters. The fourth-order valence-corrected chi connectivity index (χ4v) is 2.89. The molecule has 3 heteroatoms. The van der Waals surface area contributed by atoms with Gasteiger partial charge in [-0.05, 0) is 26.8 Å². The molecule has 18 heavy (non-hydrogen) atoms. The van der Waals surface area contributed by atoms with Crippen molar-refractivity contribution in [3.8, 4) is 0 Å². The van der Waals surface area contributed by atoms with Crippen molar-refractivity contribution in [2.75, 3.05) is 6.54 Å². The molecule has 1 rings (SSSR count). The Morgan fingerprint density at radius 2 is 1.83 bits per heavy atom. The van der Waals surface area contributed by atoms with Gasteiger partial charge < -0.3 is 5.32 Å². The van der Waals surface area contributed by atoms with Gasteiger partial charge in [-0.1, -0.05) is 45.4 Å². The van der Waals surface area contributed by atoms with Crippen LogP contribution in [0.5, 0.6) is 0 Å².